The monoisotopic (exact) mass is 344 g/mol. The maximum Gasteiger partial charge on any atom is 0.264 e. The second-order valence-corrected chi connectivity index (χ2v) is 6.45. The van der Waals surface area contributed by atoms with E-state index in [2.05, 4.69) is 14.9 Å². The molecule has 1 aromatic heterocycles. The van der Waals surface area contributed by atoms with Crippen LogP contribution < -0.4 is 16.0 Å². The third kappa shape index (κ3) is 3.57. The van der Waals surface area contributed by atoms with E-state index in [0.717, 1.165) is 6.07 Å². The molecule has 4 N–H and O–H groups in total. The number of H-pyrrole nitrogens is 1. The summed E-state index contributed by atoms with van der Waals surface area (Å²) in [4.78, 5) is 10.9. The highest BCUT2D eigenvalue weighted by atomic mass is 35.5. The van der Waals surface area contributed by atoms with E-state index in [0.29, 0.717) is 5.56 Å². The summed E-state index contributed by atoms with van der Waals surface area (Å²) in [5.41, 5.74) is 5.39. The molecule has 0 radical (unpaired) electrons. The minimum atomic E-state index is -3.89. The summed E-state index contributed by atoms with van der Waals surface area (Å²) in [5, 5.41) is 5.80. The van der Waals surface area contributed by atoms with E-state index in [-0.39, 0.29) is 20.7 Å². The SMILES string of the molecule is NC(=S)c1ccc(S(=O)(=O)Nc2ccc(=O)[nH]n2)cc1Cl. The first-order valence-corrected chi connectivity index (χ1v) is 7.74. The average molecular weight is 345 g/mol. The molecule has 1 heterocycles. The van der Waals surface area contributed by atoms with Crippen LogP contribution in [0.4, 0.5) is 5.82 Å². The van der Waals surface area contributed by atoms with Gasteiger partial charge in [0.2, 0.25) is 0 Å². The summed E-state index contributed by atoms with van der Waals surface area (Å²) >= 11 is 10.7. The zero-order valence-corrected chi connectivity index (χ0v) is 12.7. The number of nitrogens with two attached hydrogens (primary N) is 1. The molecule has 0 spiro atoms. The quantitative estimate of drug-likeness (QED) is 0.708. The van der Waals surface area contributed by atoms with Crippen molar-refractivity contribution in [3.8, 4) is 0 Å². The van der Waals surface area contributed by atoms with Gasteiger partial charge in [-0.1, -0.05) is 23.8 Å². The highest BCUT2D eigenvalue weighted by Crippen LogP contribution is 2.22. The molecular formula is C11H9ClN4O3S2. The molecule has 0 atom stereocenters. The number of anilines is 1. The average Bonchev–Trinajstić information content (AvgIpc) is 2.40. The number of halogens is 1. The zero-order valence-electron chi connectivity index (χ0n) is 10.3. The van der Waals surface area contributed by atoms with Crippen LogP contribution in [0.2, 0.25) is 5.02 Å². The molecule has 0 saturated carbocycles. The highest BCUT2D eigenvalue weighted by Gasteiger charge is 2.17. The van der Waals surface area contributed by atoms with Gasteiger partial charge >= 0.3 is 0 Å². The van der Waals surface area contributed by atoms with Gasteiger partial charge in [0.1, 0.15) is 4.99 Å². The normalized spacial score (nSPS) is 11.1. The van der Waals surface area contributed by atoms with Gasteiger partial charge in [-0.25, -0.2) is 13.5 Å². The number of rotatable bonds is 4. The van der Waals surface area contributed by atoms with Crippen LogP contribution in [0, 0.1) is 0 Å². The maximum atomic E-state index is 12.2. The van der Waals surface area contributed by atoms with Crippen molar-refractivity contribution < 1.29 is 8.42 Å². The van der Waals surface area contributed by atoms with Crippen LogP contribution in [0.15, 0.2) is 40.0 Å². The minimum Gasteiger partial charge on any atom is -0.389 e. The van der Waals surface area contributed by atoms with Crippen molar-refractivity contribution in [3.05, 3.63) is 51.3 Å². The summed E-state index contributed by atoms with van der Waals surface area (Å²) < 4.78 is 26.5. The van der Waals surface area contributed by atoms with Crippen LogP contribution in [0.25, 0.3) is 0 Å². The van der Waals surface area contributed by atoms with Gasteiger partial charge < -0.3 is 5.73 Å². The van der Waals surface area contributed by atoms with Gasteiger partial charge in [-0.3, -0.25) is 9.52 Å². The van der Waals surface area contributed by atoms with Crippen LogP contribution in [-0.4, -0.2) is 23.6 Å². The smallest absolute Gasteiger partial charge is 0.264 e. The molecule has 0 aliphatic rings. The molecule has 0 aliphatic carbocycles. The number of hydrogen-bond donors (Lipinski definition) is 3. The van der Waals surface area contributed by atoms with Gasteiger partial charge in [0.25, 0.3) is 15.6 Å². The van der Waals surface area contributed by atoms with Crippen molar-refractivity contribution in [2.45, 2.75) is 4.90 Å². The number of thiocarbonyl (C=S) groups is 1. The number of nitrogens with one attached hydrogen (secondary N) is 2. The highest BCUT2D eigenvalue weighted by molar-refractivity contribution is 7.92. The number of sulfonamides is 1. The van der Waals surface area contributed by atoms with E-state index >= 15 is 0 Å². The van der Waals surface area contributed by atoms with Gasteiger partial charge in [0, 0.05) is 11.6 Å². The van der Waals surface area contributed by atoms with Crippen molar-refractivity contribution >= 4 is 44.6 Å². The van der Waals surface area contributed by atoms with Crippen LogP contribution in [0.3, 0.4) is 0 Å². The fourth-order valence-corrected chi connectivity index (χ4v) is 3.07. The van der Waals surface area contributed by atoms with E-state index in [9.17, 15) is 13.2 Å². The number of benzene rings is 1. The largest absolute Gasteiger partial charge is 0.389 e. The number of aromatic amines is 1. The molecule has 0 aliphatic heterocycles. The van der Waals surface area contributed by atoms with Gasteiger partial charge in [-0.15, -0.1) is 0 Å². The Balaban J connectivity index is 2.35. The third-order valence-electron chi connectivity index (χ3n) is 2.43. The predicted octanol–water partition coefficient (Wildman–Crippen LogP) is 0.858. The van der Waals surface area contributed by atoms with Crippen LogP contribution >= 0.6 is 23.8 Å². The fourth-order valence-electron chi connectivity index (χ4n) is 1.46. The first-order valence-electron chi connectivity index (χ1n) is 5.47. The summed E-state index contributed by atoms with van der Waals surface area (Å²) in [7, 11) is -3.89. The Bertz CT molecular complexity index is 844. The molecule has 0 amide bonds. The van der Waals surface area contributed by atoms with Crippen molar-refractivity contribution in [2.24, 2.45) is 5.73 Å². The lowest BCUT2D eigenvalue weighted by atomic mass is 10.2. The molecule has 0 fully saturated rings. The van der Waals surface area contributed by atoms with Crippen LogP contribution in [0.5, 0.6) is 0 Å². The third-order valence-corrected chi connectivity index (χ3v) is 4.32. The summed E-state index contributed by atoms with van der Waals surface area (Å²) in [6.07, 6.45) is 0. The minimum absolute atomic E-state index is 0.0239. The fraction of sp³-hybridized carbons (Fsp3) is 0. The molecule has 10 heteroatoms. The Morgan fingerprint density at radius 3 is 2.57 bits per heavy atom. The van der Waals surface area contributed by atoms with Crippen LogP contribution in [0.1, 0.15) is 5.56 Å². The van der Waals surface area contributed by atoms with Crippen molar-refractivity contribution in [2.75, 3.05) is 4.72 Å². The van der Waals surface area contributed by atoms with Crippen molar-refractivity contribution in [3.63, 3.8) is 0 Å². The molecule has 1 aromatic carbocycles. The maximum absolute atomic E-state index is 12.2. The number of hydrogen-bond acceptors (Lipinski definition) is 5. The number of nitrogens with zero attached hydrogens (tertiary/aromatic N) is 1. The summed E-state index contributed by atoms with van der Waals surface area (Å²) in [6, 6.07) is 6.34. The Kier molecular flexibility index (Phi) is 4.26. The first kappa shape index (κ1) is 15.4. The lowest BCUT2D eigenvalue weighted by Gasteiger charge is -2.08. The van der Waals surface area contributed by atoms with E-state index in [1.165, 1.54) is 24.3 Å². The lowest BCUT2D eigenvalue weighted by Crippen LogP contribution is -2.17. The standard InChI is InChI=1S/C11H9ClN4O3S2/c12-8-5-6(1-2-7(8)11(13)20)21(18,19)16-9-3-4-10(17)15-14-9/h1-5H,(H2,13,20)(H,14,16)(H,15,17). The van der Waals surface area contributed by atoms with Gasteiger partial charge in [0.15, 0.2) is 5.82 Å². The first-order chi connectivity index (χ1) is 9.79. The predicted molar refractivity (Wildman–Crippen MR) is 83.0 cm³/mol. The molecule has 21 heavy (non-hydrogen) atoms. The Morgan fingerprint density at radius 2 is 2.05 bits per heavy atom. The Labute approximate surface area is 130 Å². The molecule has 7 nitrogen and oxygen atoms in total. The Hall–Kier alpha value is -1.97. The van der Waals surface area contributed by atoms with Gasteiger partial charge in [-0.2, -0.15) is 5.10 Å². The molecule has 110 valence electrons. The molecular weight excluding hydrogens is 336 g/mol. The van der Waals surface area contributed by atoms with Crippen LogP contribution in [-0.2, 0) is 10.0 Å². The van der Waals surface area contributed by atoms with Crippen molar-refractivity contribution in [1.29, 1.82) is 0 Å². The molecule has 2 rings (SSSR count). The number of aromatic nitrogens is 2. The Morgan fingerprint density at radius 1 is 1.33 bits per heavy atom. The summed E-state index contributed by atoms with van der Waals surface area (Å²) in [5.74, 6) is -0.0239. The van der Waals surface area contributed by atoms with E-state index < -0.39 is 15.6 Å². The molecule has 2 aromatic rings. The second-order valence-electron chi connectivity index (χ2n) is 3.92. The van der Waals surface area contributed by atoms with Crippen molar-refractivity contribution in [1.82, 2.24) is 10.2 Å². The van der Waals surface area contributed by atoms with E-state index in [1.807, 2.05) is 0 Å². The topological polar surface area (TPSA) is 118 Å². The van der Waals surface area contributed by atoms with E-state index in [1.54, 1.807) is 0 Å². The lowest BCUT2D eigenvalue weighted by molar-refractivity contribution is 0.601. The van der Waals surface area contributed by atoms with E-state index in [4.69, 9.17) is 29.6 Å². The summed E-state index contributed by atoms with van der Waals surface area (Å²) in [6.45, 7) is 0. The zero-order chi connectivity index (χ0) is 15.6. The van der Waals surface area contributed by atoms with Gasteiger partial charge in [-0.05, 0) is 24.3 Å². The molecule has 0 bridgehead atoms. The molecule has 0 unspecified atom stereocenters. The second kappa shape index (κ2) is 5.80. The molecule has 0 saturated heterocycles. The van der Waals surface area contributed by atoms with Gasteiger partial charge in [0.05, 0.1) is 9.92 Å².